The Morgan fingerprint density at radius 1 is 1.41 bits per heavy atom. The lowest BCUT2D eigenvalue weighted by Gasteiger charge is -2.08. The lowest BCUT2D eigenvalue weighted by atomic mass is 10.2. The first-order valence-corrected chi connectivity index (χ1v) is 9.54. The third kappa shape index (κ3) is 3.66. The minimum absolute atomic E-state index is 0.137. The van der Waals surface area contributed by atoms with Gasteiger partial charge in [-0.3, -0.25) is 4.79 Å². The minimum Gasteiger partial charge on any atom is -0.383 e. The molecule has 27 heavy (non-hydrogen) atoms. The lowest BCUT2D eigenvalue weighted by molar-refractivity contribution is 0.0937. The van der Waals surface area contributed by atoms with Gasteiger partial charge in [0, 0.05) is 32.7 Å². The predicted octanol–water partition coefficient (Wildman–Crippen LogP) is 2.22. The maximum absolute atomic E-state index is 12.2. The van der Waals surface area contributed by atoms with E-state index in [1.165, 1.54) is 0 Å². The van der Waals surface area contributed by atoms with Crippen molar-refractivity contribution in [1.82, 2.24) is 19.9 Å². The average Bonchev–Trinajstić information content (AvgIpc) is 3.22. The fourth-order valence-corrected chi connectivity index (χ4v) is 3.94. The zero-order valence-electron chi connectivity index (χ0n) is 15.2. The first kappa shape index (κ1) is 17.9. The first-order valence-electron chi connectivity index (χ1n) is 8.72. The van der Waals surface area contributed by atoms with E-state index >= 15 is 0 Å². The molecule has 0 aliphatic carbocycles. The van der Waals surface area contributed by atoms with Crippen molar-refractivity contribution in [3.05, 3.63) is 34.3 Å². The Morgan fingerprint density at radius 3 is 3.11 bits per heavy atom. The van der Waals surface area contributed by atoms with E-state index in [4.69, 9.17) is 9.47 Å². The van der Waals surface area contributed by atoms with Crippen molar-refractivity contribution in [2.24, 2.45) is 7.05 Å². The molecule has 0 radical (unpaired) electrons. The van der Waals surface area contributed by atoms with Crippen molar-refractivity contribution in [1.29, 1.82) is 0 Å². The number of carbonyl (C=O) groups is 1. The molecule has 0 saturated heterocycles. The maximum atomic E-state index is 12.2. The van der Waals surface area contributed by atoms with Gasteiger partial charge in [-0.05, 0) is 18.2 Å². The van der Waals surface area contributed by atoms with Gasteiger partial charge in [0.2, 0.25) is 5.95 Å². The summed E-state index contributed by atoms with van der Waals surface area (Å²) in [6, 6.07) is 5.50. The zero-order valence-corrected chi connectivity index (χ0v) is 16.1. The number of amides is 1. The molecule has 1 aliphatic rings. The van der Waals surface area contributed by atoms with Crippen LogP contribution in [0.25, 0.3) is 11.0 Å². The monoisotopic (exact) mass is 387 g/mol. The third-order valence-electron chi connectivity index (χ3n) is 4.45. The number of benzene rings is 1. The summed E-state index contributed by atoms with van der Waals surface area (Å²) in [7, 11) is 3.54. The molecule has 0 atom stereocenters. The van der Waals surface area contributed by atoms with E-state index in [1.54, 1.807) is 30.6 Å². The Bertz CT molecular complexity index is 957. The minimum atomic E-state index is -0.137. The van der Waals surface area contributed by atoms with E-state index in [2.05, 4.69) is 20.6 Å². The van der Waals surface area contributed by atoms with Crippen molar-refractivity contribution in [2.45, 2.75) is 13.0 Å². The number of hydrogen-bond donors (Lipinski definition) is 2. The van der Waals surface area contributed by atoms with Crippen LogP contribution in [0.2, 0.25) is 0 Å². The van der Waals surface area contributed by atoms with Gasteiger partial charge in [-0.1, -0.05) is 11.3 Å². The number of aryl methyl sites for hydroxylation is 1. The van der Waals surface area contributed by atoms with Gasteiger partial charge in [0.25, 0.3) is 5.91 Å². The highest BCUT2D eigenvalue weighted by atomic mass is 32.1. The van der Waals surface area contributed by atoms with Crippen LogP contribution >= 0.6 is 11.3 Å². The fraction of sp³-hybridized carbons (Fsp3) is 0.389. The summed E-state index contributed by atoms with van der Waals surface area (Å²) in [5.74, 6) is 0.552. The highest BCUT2D eigenvalue weighted by molar-refractivity contribution is 7.15. The molecule has 9 heteroatoms. The van der Waals surface area contributed by atoms with Crippen LogP contribution in [-0.4, -0.2) is 47.3 Å². The van der Waals surface area contributed by atoms with Crippen molar-refractivity contribution in [2.75, 3.05) is 32.2 Å². The molecule has 1 aliphatic heterocycles. The number of thiazole rings is 1. The summed E-state index contributed by atoms with van der Waals surface area (Å²) in [6.45, 7) is 2.30. The average molecular weight is 387 g/mol. The number of rotatable bonds is 6. The highest BCUT2D eigenvalue weighted by Crippen LogP contribution is 2.30. The molecule has 2 N–H and O–H groups in total. The largest absolute Gasteiger partial charge is 0.383 e. The predicted molar refractivity (Wildman–Crippen MR) is 104 cm³/mol. The molecule has 0 fully saturated rings. The van der Waals surface area contributed by atoms with Crippen molar-refractivity contribution >= 4 is 39.4 Å². The highest BCUT2D eigenvalue weighted by Gasteiger charge is 2.17. The Hall–Kier alpha value is -2.49. The molecule has 1 amide bonds. The van der Waals surface area contributed by atoms with Crippen LogP contribution in [0, 0.1) is 0 Å². The van der Waals surface area contributed by atoms with E-state index in [-0.39, 0.29) is 5.91 Å². The van der Waals surface area contributed by atoms with Gasteiger partial charge in [-0.2, -0.15) is 0 Å². The number of hydrogen-bond acceptors (Lipinski definition) is 7. The summed E-state index contributed by atoms with van der Waals surface area (Å²) in [5, 5.41) is 6.92. The molecule has 0 saturated carbocycles. The molecular formula is C18H21N5O3S. The Morgan fingerprint density at radius 2 is 2.30 bits per heavy atom. The van der Waals surface area contributed by atoms with Gasteiger partial charge in [0.05, 0.1) is 41.4 Å². The van der Waals surface area contributed by atoms with Gasteiger partial charge in [-0.25, -0.2) is 9.97 Å². The SMILES string of the molecule is COCCNC(=O)c1ccc2c(c1)nc(Nc1nc3c(s1)COCC3)n2C. The smallest absolute Gasteiger partial charge is 0.251 e. The molecule has 4 rings (SSSR count). The second-order valence-electron chi connectivity index (χ2n) is 6.26. The maximum Gasteiger partial charge on any atom is 0.251 e. The quantitative estimate of drug-likeness (QED) is 0.631. The molecule has 0 bridgehead atoms. The van der Waals surface area contributed by atoms with Crippen molar-refractivity contribution in [3.63, 3.8) is 0 Å². The molecule has 0 unspecified atom stereocenters. The molecule has 2 aromatic heterocycles. The summed E-state index contributed by atoms with van der Waals surface area (Å²) in [5.41, 5.74) is 3.37. The molecule has 8 nitrogen and oxygen atoms in total. The number of anilines is 2. The van der Waals surface area contributed by atoms with Crippen LogP contribution in [0.4, 0.5) is 11.1 Å². The van der Waals surface area contributed by atoms with E-state index in [9.17, 15) is 4.79 Å². The number of nitrogens with one attached hydrogen (secondary N) is 2. The number of ether oxygens (including phenoxy) is 2. The second kappa shape index (κ2) is 7.63. The van der Waals surface area contributed by atoms with Crippen LogP contribution in [0.5, 0.6) is 0 Å². The topological polar surface area (TPSA) is 90.3 Å². The van der Waals surface area contributed by atoms with E-state index in [0.717, 1.165) is 39.8 Å². The Balaban J connectivity index is 1.56. The number of methoxy groups -OCH3 is 1. The first-order chi connectivity index (χ1) is 13.2. The van der Waals surface area contributed by atoms with Gasteiger partial charge in [0.1, 0.15) is 0 Å². The number of carbonyl (C=O) groups excluding carboxylic acids is 1. The Labute approximate surface area is 160 Å². The summed E-state index contributed by atoms with van der Waals surface area (Å²) in [4.78, 5) is 22.7. The number of fused-ring (bicyclic) bond motifs is 2. The summed E-state index contributed by atoms with van der Waals surface area (Å²) in [6.07, 6.45) is 0.845. The van der Waals surface area contributed by atoms with Crippen LogP contribution in [0.15, 0.2) is 18.2 Å². The molecular weight excluding hydrogens is 366 g/mol. The lowest BCUT2D eigenvalue weighted by Crippen LogP contribution is -2.26. The Kier molecular flexibility index (Phi) is 5.06. The van der Waals surface area contributed by atoms with E-state index < -0.39 is 0 Å². The van der Waals surface area contributed by atoms with Crippen LogP contribution in [0.3, 0.4) is 0 Å². The van der Waals surface area contributed by atoms with Gasteiger partial charge >= 0.3 is 0 Å². The fourth-order valence-electron chi connectivity index (χ4n) is 3.00. The number of nitrogens with zero attached hydrogens (tertiary/aromatic N) is 3. The molecule has 3 heterocycles. The van der Waals surface area contributed by atoms with E-state index in [0.29, 0.717) is 31.3 Å². The summed E-state index contributed by atoms with van der Waals surface area (Å²) < 4.78 is 12.4. The second-order valence-corrected chi connectivity index (χ2v) is 7.35. The van der Waals surface area contributed by atoms with Gasteiger partial charge in [-0.15, -0.1) is 0 Å². The molecule has 0 spiro atoms. The van der Waals surface area contributed by atoms with Crippen LogP contribution < -0.4 is 10.6 Å². The normalized spacial score (nSPS) is 13.6. The van der Waals surface area contributed by atoms with Crippen molar-refractivity contribution < 1.29 is 14.3 Å². The number of aromatic nitrogens is 3. The van der Waals surface area contributed by atoms with Gasteiger partial charge in [0.15, 0.2) is 5.13 Å². The zero-order chi connectivity index (χ0) is 18.8. The molecule has 142 valence electrons. The standard InChI is InChI=1S/C18H21N5O3S/c1-23-14-4-3-11(16(24)19-6-8-25-2)9-13(14)20-17(23)22-18-21-12-5-7-26-10-15(12)27-18/h3-4,9H,5-8,10H2,1-2H3,(H,19,24)(H,20,21,22). The third-order valence-corrected chi connectivity index (χ3v) is 5.43. The van der Waals surface area contributed by atoms with Crippen molar-refractivity contribution in [3.8, 4) is 0 Å². The number of imidazole rings is 1. The van der Waals surface area contributed by atoms with Crippen LogP contribution in [-0.2, 0) is 29.5 Å². The van der Waals surface area contributed by atoms with E-state index in [1.807, 2.05) is 17.7 Å². The molecule has 1 aromatic carbocycles. The van der Waals surface area contributed by atoms with Gasteiger partial charge < -0.3 is 24.7 Å². The summed E-state index contributed by atoms with van der Waals surface area (Å²) >= 11 is 1.59. The van der Waals surface area contributed by atoms with Crippen LogP contribution in [0.1, 0.15) is 20.9 Å². The molecule has 3 aromatic rings.